The first-order chi connectivity index (χ1) is 7.43. The van der Waals surface area contributed by atoms with Crippen molar-refractivity contribution < 1.29 is 9.84 Å². The lowest BCUT2D eigenvalue weighted by molar-refractivity contribution is 0.0131. The fraction of sp³-hybridized carbons (Fsp3) is 1.00. The summed E-state index contributed by atoms with van der Waals surface area (Å²) in [6.07, 6.45) is 0.917. The summed E-state index contributed by atoms with van der Waals surface area (Å²) in [6.45, 7) is 12.0. The number of ether oxygens (including phenoxy) is 1. The summed E-state index contributed by atoms with van der Waals surface area (Å²) < 4.78 is 5.34. The van der Waals surface area contributed by atoms with Crippen LogP contribution < -0.4 is 5.32 Å². The van der Waals surface area contributed by atoms with Gasteiger partial charge in [0.25, 0.3) is 0 Å². The van der Waals surface area contributed by atoms with E-state index >= 15 is 0 Å². The van der Waals surface area contributed by atoms with E-state index in [9.17, 15) is 5.11 Å². The smallest absolute Gasteiger partial charge is 0.0626 e. The summed E-state index contributed by atoms with van der Waals surface area (Å²) in [4.78, 5) is 0. The van der Waals surface area contributed by atoms with Crippen LogP contribution in [0.4, 0.5) is 0 Å². The molecule has 1 fully saturated rings. The number of aliphatic hydroxyl groups excluding tert-OH is 1. The van der Waals surface area contributed by atoms with Crippen LogP contribution in [0.2, 0.25) is 0 Å². The van der Waals surface area contributed by atoms with Gasteiger partial charge in [-0.2, -0.15) is 0 Å². The van der Waals surface area contributed by atoms with Gasteiger partial charge in [0, 0.05) is 25.1 Å². The number of nitrogens with one attached hydrogen (secondary N) is 1. The second-order valence-electron chi connectivity index (χ2n) is 6.04. The highest BCUT2D eigenvalue weighted by atomic mass is 16.5. The minimum Gasteiger partial charge on any atom is -0.392 e. The van der Waals surface area contributed by atoms with Gasteiger partial charge < -0.3 is 15.2 Å². The monoisotopic (exact) mass is 229 g/mol. The highest BCUT2D eigenvalue weighted by Gasteiger charge is 2.30. The van der Waals surface area contributed by atoms with Crippen LogP contribution in [0.3, 0.4) is 0 Å². The van der Waals surface area contributed by atoms with Crippen LogP contribution in [0, 0.1) is 17.3 Å². The first-order valence-electron chi connectivity index (χ1n) is 6.40. The van der Waals surface area contributed by atoms with Gasteiger partial charge in [0.05, 0.1) is 12.7 Å². The van der Waals surface area contributed by atoms with Crippen molar-refractivity contribution in [2.24, 2.45) is 17.3 Å². The Morgan fingerprint density at radius 2 is 2.12 bits per heavy atom. The molecule has 0 bridgehead atoms. The number of aliphatic hydroxyl groups is 1. The van der Waals surface area contributed by atoms with Gasteiger partial charge in [0.15, 0.2) is 0 Å². The molecule has 0 aromatic carbocycles. The van der Waals surface area contributed by atoms with Crippen molar-refractivity contribution >= 4 is 0 Å². The molecule has 1 heterocycles. The molecule has 16 heavy (non-hydrogen) atoms. The van der Waals surface area contributed by atoms with E-state index in [1.54, 1.807) is 0 Å². The van der Waals surface area contributed by atoms with Gasteiger partial charge in [0.1, 0.15) is 0 Å². The van der Waals surface area contributed by atoms with E-state index in [2.05, 4.69) is 33.0 Å². The maximum Gasteiger partial charge on any atom is 0.0626 e. The molecule has 1 aliphatic rings. The summed E-state index contributed by atoms with van der Waals surface area (Å²) in [7, 11) is 0. The van der Waals surface area contributed by atoms with Gasteiger partial charge in [-0.1, -0.05) is 27.7 Å². The van der Waals surface area contributed by atoms with Gasteiger partial charge >= 0.3 is 0 Å². The van der Waals surface area contributed by atoms with E-state index in [0.29, 0.717) is 11.8 Å². The second-order valence-corrected chi connectivity index (χ2v) is 6.04. The molecule has 96 valence electrons. The predicted octanol–water partition coefficient (Wildman–Crippen LogP) is 1.66. The molecule has 0 aromatic heterocycles. The van der Waals surface area contributed by atoms with Crippen LogP contribution in [0.25, 0.3) is 0 Å². The zero-order chi connectivity index (χ0) is 12.2. The van der Waals surface area contributed by atoms with Gasteiger partial charge in [-0.05, 0) is 18.3 Å². The third-order valence-electron chi connectivity index (χ3n) is 3.47. The Morgan fingerprint density at radius 1 is 1.44 bits per heavy atom. The van der Waals surface area contributed by atoms with Crippen molar-refractivity contribution in [2.45, 2.75) is 40.2 Å². The highest BCUT2D eigenvalue weighted by Crippen LogP contribution is 2.25. The van der Waals surface area contributed by atoms with Gasteiger partial charge in [0.2, 0.25) is 0 Å². The molecule has 2 unspecified atom stereocenters. The van der Waals surface area contributed by atoms with Crippen molar-refractivity contribution in [3.8, 4) is 0 Å². The summed E-state index contributed by atoms with van der Waals surface area (Å²) in [5.74, 6) is 0.971. The lowest BCUT2D eigenvalue weighted by Gasteiger charge is -2.33. The topological polar surface area (TPSA) is 41.5 Å². The van der Waals surface area contributed by atoms with E-state index in [-0.39, 0.29) is 11.5 Å². The Morgan fingerprint density at radius 3 is 2.62 bits per heavy atom. The first-order valence-corrected chi connectivity index (χ1v) is 6.40. The lowest BCUT2D eigenvalue weighted by atomic mass is 9.80. The van der Waals surface area contributed by atoms with E-state index < -0.39 is 0 Å². The average molecular weight is 229 g/mol. The number of rotatable bonds is 6. The summed E-state index contributed by atoms with van der Waals surface area (Å²) in [5.41, 5.74) is -0.0619. The molecule has 3 heteroatoms. The third kappa shape index (κ3) is 4.04. The molecular formula is C13H27NO2. The van der Waals surface area contributed by atoms with Crippen LogP contribution in [-0.2, 0) is 4.74 Å². The molecule has 1 rings (SSSR count). The van der Waals surface area contributed by atoms with Gasteiger partial charge in [-0.3, -0.25) is 0 Å². The molecule has 0 aromatic rings. The Bertz CT molecular complexity index is 198. The third-order valence-corrected chi connectivity index (χ3v) is 3.47. The van der Waals surface area contributed by atoms with Crippen molar-refractivity contribution in [3.63, 3.8) is 0 Å². The van der Waals surface area contributed by atoms with Crippen LogP contribution in [0.15, 0.2) is 0 Å². The maximum atomic E-state index is 10.1. The average Bonchev–Trinajstić information content (AvgIpc) is 2.69. The first kappa shape index (κ1) is 13.9. The summed E-state index contributed by atoms with van der Waals surface area (Å²) >= 11 is 0. The molecule has 0 saturated carbocycles. The van der Waals surface area contributed by atoms with E-state index in [4.69, 9.17) is 4.74 Å². The molecule has 0 spiro atoms. The molecule has 0 radical (unpaired) electrons. The molecule has 1 aliphatic heterocycles. The van der Waals surface area contributed by atoms with Gasteiger partial charge in [-0.25, -0.2) is 0 Å². The fourth-order valence-corrected chi connectivity index (χ4v) is 2.35. The lowest BCUT2D eigenvalue weighted by Crippen LogP contribution is -2.43. The summed E-state index contributed by atoms with van der Waals surface area (Å²) in [5, 5.41) is 13.5. The standard InChI is InChI=1S/C13H27NO2/c1-10(2)12(15)13(3,4)9-14-7-11-5-6-16-8-11/h10-12,14-15H,5-9H2,1-4H3. The minimum atomic E-state index is -0.250. The molecule has 3 nitrogen and oxygen atoms in total. The molecule has 2 N–H and O–H groups in total. The van der Waals surface area contributed by atoms with Crippen LogP contribution >= 0.6 is 0 Å². The van der Waals surface area contributed by atoms with E-state index in [1.165, 1.54) is 6.42 Å². The Kier molecular flexibility index (Phi) is 5.22. The number of hydrogen-bond acceptors (Lipinski definition) is 3. The van der Waals surface area contributed by atoms with Crippen molar-refractivity contribution in [2.75, 3.05) is 26.3 Å². The normalized spacial score (nSPS) is 24.0. The van der Waals surface area contributed by atoms with Gasteiger partial charge in [-0.15, -0.1) is 0 Å². The largest absolute Gasteiger partial charge is 0.392 e. The Hall–Kier alpha value is -0.120. The zero-order valence-electron chi connectivity index (χ0n) is 11.1. The molecule has 0 aliphatic carbocycles. The van der Waals surface area contributed by atoms with Crippen LogP contribution in [0.5, 0.6) is 0 Å². The fourth-order valence-electron chi connectivity index (χ4n) is 2.35. The maximum absolute atomic E-state index is 10.1. The quantitative estimate of drug-likeness (QED) is 0.728. The predicted molar refractivity (Wildman–Crippen MR) is 66.4 cm³/mol. The zero-order valence-corrected chi connectivity index (χ0v) is 11.1. The SMILES string of the molecule is CC(C)C(O)C(C)(C)CNCC1CCOC1. The number of hydrogen-bond donors (Lipinski definition) is 2. The minimum absolute atomic E-state index is 0.0619. The van der Waals surface area contributed by atoms with Crippen molar-refractivity contribution in [1.29, 1.82) is 0 Å². The van der Waals surface area contributed by atoms with Crippen molar-refractivity contribution in [1.82, 2.24) is 5.32 Å². The Balaban J connectivity index is 2.24. The molecule has 1 saturated heterocycles. The summed E-state index contributed by atoms with van der Waals surface area (Å²) in [6, 6.07) is 0. The molecule has 2 atom stereocenters. The van der Waals surface area contributed by atoms with Crippen molar-refractivity contribution in [3.05, 3.63) is 0 Å². The van der Waals surface area contributed by atoms with Crippen LogP contribution in [0.1, 0.15) is 34.1 Å². The molecule has 0 amide bonds. The van der Waals surface area contributed by atoms with Crippen LogP contribution in [-0.4, -0.2) is 37.5 Å². The van der Waals surface area contributed by atoms with E-state index in [1.807, 2.05) is 0 Å². The molecular weight excluding hydrogens is 202 g/mol. The highest BCUT2D eigenvalue weighted by molar-refractivity contribution is 4.82. The Labute approximate surface area is 99.6 Å². The second kappa shape index (κ2) is 5.99. The van der Waals surface area contributed by atoms with E-state index in [0.717, 1.165) is 26.3 Å².